The number of hydrogen-bond donors (Lipinski definition) is 2. The molecule has 0 aliphatic carbocycles. The zero-order chi connectivity index (χ0) is 7.84. The summed E-state index contributed by atoms with van der Waals surface area (Å²) in [4.78, 5) is 0. The van der Waals surface area contributed by atoms with Gasteiger partial charge in [-0.25, -0.2) is 0 Å². The Morgan fingerprint density at radius 3 is 3.18 bits per heavy atom. The van der Waals surface area contributed by atoms with Crippen molar-refractivity contribution in [3.05, 3.63) is 23.8 Å². The molecule has 1 aliphatic heterocycles. The Bertz CT molecular complexity index is 281. The monoisotopic (exact) mass is 148 g/mol. The van der Waals surface area contributed by atoms with Gasteiger partial charge in [-0.15, -0.1) is 0 Å². The smallest absolute Gasteiger partial charge is 0.0396 e. The molecular weight excluding hydrogens is 136 g/mol. The van der Waals surface area contributed by atoms with E-state index in [-0.39, 0.29) is 0 Å². The Kier molecular flexibility index (Phi) is 1.28. The summed E-state index contributed by atoms with van der Waals surface area (Å²) in [6.45, 7) is 2.18. The zero-order valence-electron chi connectivity index (χ0n) is 6.59. The molecule has 1 aromatic carbocycles. The van der Waals surface area contributed by atoms with E-state index >= 15 is 0 Å². The van der Waals surface area contributed by atoms with E-state index in [1.54, 1.807) is 0 Å². The van der Waals surface area contributed by atoms with Crippen molar-refractivity contribution < 1.29 is 0 Å². The summed E-state index contributed by atoms with van der Waals surface area (Å²) >= 11 is 0. The lowest BCUT2D eigenvalue weighted by molar-refractivity contribution is 0.839. The van der Waals surface area contributed by atoms with E-state index in [0.29, 0.717) is 6.04 Å². The van der Waals surface area contributed by atoms with Gasteiger partial charge in [-0.2, -0.15) is 0 Å². The predicted octanol–water partition coefficient (Wildman–Crippen LogP) is 1.63. The van der Waals surface area contributed by atoms with Crippen LogP contribution in [0, 0.1) is 0 Å². The summed E-state index contributed by atoms with van der Waals surface area (Å²) < 4.78 is 0. The van der Waals surface area contributed by atoms with Gasteiger partial charge >= 0.3 is 0 Å². The standard InChI is InChI=1S/C9H12N2/c1-6-4-7-2-3-8(10)5-9(7)11-6/h2-3,5-6,11H,4,10H2,1H3/t6-/m1/s1. The van der Waals surface area contributed by atoms with Crippen LogP contribution in [0.15, 0.2) is 18.2 Å². The number of nitrogens with one attached hydrogen (secondary N) is 1. The first-order valence-electron chi connectivity index (χ1n) is 3.90. The molecule has 0 radical (unpaired) electrons. The average molecular weight is 148 g/mol. The van der Waals surface area contributed by atoms with E-state index in [2.05, 4.69) is 18.3 Å². The number of nitrogen functional groups attached to an aromatic ring is 1. The lowest BCUT2D eigenvalue weighted by Crippen LogP contribution is -2.08. The number of benzene rings is 1. The van der Waals surface area contributed by atoms with Gasteiger partial charge in [-0.05, 0) is 31.0 Å². The second-order valence-electron chi connectivity index (χ2n) is 3.17. The Hall–Kier alpha value is -1.18. The molecule has 3 N–H and O–H groups in total. The van der Waals surface area contributed by atoms with Gasteiger partial charge in [0.05, 0.1) is 0 Å². The van der Waals surface area contributed by atoms with Gasteiger partial charge < -0.3 is 11.1 Å². The average Bonchev–Trinajstić information content (AvgIpc) is 2.27. The lowest BCUT2D eigenvalue weighted by atomic mass is 10.1. The molecule has 2 rings (SSSR count). The van der Waals surface area contributed by atoms with Gasteiger partial charge in [0, 0.05) is 17.4 Å². The number of fused-ring (bicyclic) bond motifs is 1. The molecule has 1 aliphatic rings. The summed E-state index contributed by atoms with van der Waals surface area (Å²) in [5, 5.41) is 3.36. The first-order valence-corrected chi connectivity index (χ1v) is 3.90. The first-order chi connectivity index (χ1) is 5.25. The van der Waals surface area contributed by atoms with Crippen LogP contribution in [0.2, 0.25) is 0 Å². The van der Waals surface area contributed by atoms with E-state index in [1.807, 2.05) is 12.1 Å². The first kappa shape index (κ1) is 6.53. The van der Waals surface area contributed by atoms with E-state index in [4.69, 9.17) is 5.73 Å². The minimum absolute atomic E-state index is 0.562. The summed E-state index contributed by atoms with van der Waals surface area (Å²) in [5.41, 5.74) is 9.06. The van der Waals surface area contributed by atoms with Crippen molar-refractivity contribution >= 4 is 11.4 Å². The number of anilines is 2. The molecular formula is C9H12N2. The highest BCUT2D eigenvalue weighted by molar-refractivity contribution is 5.63. The summed E-state index contributed by atoms with van der Waals surface area (Å²) in [7, 11) is 0. The molecule has 0 spiro atoms. The molecule has 0 saturated carbocycles. The largest absolute Gasteiger partial charge is 0.399 e. The molecule has 0 unspecified atom stereocenters. The minimum atomic E-state index is 0.562. The summed E-state index contributed by atoms with van der Waals surface area (Å²) in [6.07, 6.45) is 1.12. The molecule has 0 fully saturated rings. The third kappa shape index (κ3) is 1.04. The molecule has 0 amide bonds. The Morgan fingerprint density at radius 2 is 2.36 bits per heavy atom. The maximum atomic E-state index is 5.64. The van der Waals surface area contributed by atoms with Crippen LogP contribution >= 0.6 is 0 Å². The molecule has 11 heavy (non-hydrogen) atoms. The van der Waals surface area contributed by atoms with Crippen LogP contribution in [0.5, 0.6) is 0 Å². The van der Waals surface area contributed by atoms with Crippen molar-refractivity contribution in [2.75, 3.05) is 11.1 Å². The van der Waals surface area contributed by atoms with Crippen molar-refractivity contribution in [3.8, 4) is 0 Å². The Morgan fingerprint density at radius 1 is 1.55 bits per heavy atom. The molecule has 1 atom stereocenters. The van der Waals surface area contributed by atoms with E-state index < -0.39 is 0 Å². The van der Waals surface area contributed by atoms with E-state index in [1.165, 1.54) is 11.3 Å². The molecule has 2 heteroatoms. The van der Waals surface area contributed by atoms with Crippen LogP contribution in [-0.2, 0) is 6.42 Å². The van der Waals surface area contributed by atoms with Crippen LogP contribution in [-0.4, -0.2) is 6.04 Å². The fraction of sp³-hybridized carbons (Fsp3) is 0.333. The molecule has 1 aromatic rings. The van der Waals surface area contributed by atoms with E-state index in [9.17, 15) is 0 Å². The van der Waals surface area contributed by atoms with Gasteiger partial charge in [0.1, 0.15) is 0 Å². The highest BCUT2D eigenvalue weighted by Gasteiger charge is 2.15. The highest BCUT2D eigenvalue weighted by Crippen LogP contribution is 2.27. The number of hydrogen-bond acceptors (Lipinski definition) is 2. The van der Waals surface area contributed by atoms with E-state index in [0.717, 1.165) is 12.1 Å². The fourth-order valence-corrected chi connectivity index (χ4v) is 1.55. The lowest BCUT2D eigenvalue weighted by Gasteiger charge is -2.02. The van der Waals surface area contributed by atoms with Crippen molar-refractivity contribution in [2.45, 2.75) is 19.4 Å². The molecule has 0 bridgehead atoms. The zero-order valence-corrected chi connectivity index (χ0v) is 6.59. The van der Waals surface area contributed by atoms with Crippen LogP contribution in [0.3, 0.4) is 0 Å². The van der Waals surface area contributed by atoms with Gasteiger partial charge in [0.2, 0.25) is 0 Å². The summed E-state index contributed by atoms with van der Waals surface area (Å²) in [6, 6.07) is 6.62. The third-order valence-corrected chi connectivity index (χ3v) is 2.06. The molecule has 1 heterocycles. The fourth-order valence-electron chi connectivity index (χ4n) is 1.55. The number of nitrogens with two attached hydrogens (primary N) is 1. The Balaban J connectivity index is 2.43. The maximum Gasteiger partial charge on any atom is 0.0396 e. The normalized spacial score (nSPS) is 21.0. The molecule has 0 saturated heterocycles. The topological polar surface area (TPSA) is 38.0 Å². The molecule has 2 nitrogen and oxygen atoms in total. The SMILES string of the molecule is C[C@@H]1Cc2ccc(N)cc2N1. The van der Waals surface area contributed by atoms with Crippen molar-refractivity contribution in [3.63, 3.8) is 0 Å². The number of rotatable bonds is 0. The second kappa shape index (κ2) is 2.16. The molecule has 0 aromatic heterocycles. The summed E-state index contributed by atoms with van der Waals surface area (Å²) in [5.74, 6) is 0. The van der Waals surface area contributed by atoms with Crippen LogP contribution in [0.4, 0.5) is 11.4 Å². The van der Waals surface area contributed by atoms with Gasteiger partial charge in [0.15, 0.2) is 0 Å². The quantitative estimate of drug-likeness (QED) is 0.549. The Labute approximate surface area is 66.4 Å². The van der Waals surface area contributed by atoms with Crippen molar-refractivity contribution in [1.29, 1.82) is 0 Å². The highest BCUT2D eigenvalue weighted by atomic mass is 14.9. The van der Waals surface area contributed by atoms with Gasteiger partial charge in [-0.1, -0.05) is 6.07 Å². The van der Waals surface area contributed by atoms with Crippen LogP contribution < -0.4 is 11.1 Å². The second-order valence-corrected chi connectivity index (χ2v) is 3.17. The van der Waals surface area contributed by atoms with Crippen molar-refractivity contribution in [2.24, 2.45) is 0 Å². The van der Waals surface area contributed by atoms with Crippen molar-refractivity contribution in [1.82, 2.24) is 0 Å². The molecule has 58 valence electrons. The maximum absolute atomic E-state index is 5.64. The van der Waals surface area contributed by atoms with Crippen LogP contribution in [0.1, 0.15) is 12.5 Å². The van der Waals surface area contributed by atoms with Gasteiger partial charge in [-0.3, -0.25) is 0 Å². The predicted molar refractivity (Wildman–Crippen MR) is 47.6 cm³/mol. The van der Waals surface area contributed by atoms with Gasteiger partial charge in [0.25, 0.3) is 0 Å². The minimum Gasteiger partial charge on any atom is -0.399 e. The third-order valence-electron chi connectivity index (χ3n) is 2.06. The van der Waals surface area contributed by atoms with Crippen LogP contribution in [0.25, 0.3) is 0 Å².